The van der Waals surface area contributed by atoms with Gasteiger partial charge in [-0.25, -0.2) is 19.9 Å². The molecule has 4 heteroatoms. The molecular weight excluding hydrogens is 416 g/mol. The van der Waals surface area contributed by atoms with Crippen molar-refractivity contribution in [3.8, 4) is 22.8 Å². The number of benzene rings is 5. The maximum atomic E-state index is 4.70. The van der Waals surface area contributed by atoms with E-state index < -0.39 is 0 Å². The number of nitrogens with zero attached hydrogens (tertiary/aromatic N) is 4. The van der Waals surface area contributed by atoms with Gasteiger partial charge in [-0.05, 0) is 44.5 Å². The van der Waals surface area contributed by atoms with E-state index in [-0.39, 0.29) is 0 Å². The van der Waals surface area contributed by atoms with Crippen molar-refractivity contribution in [2.24, 2.45) is 0 Å². The van der Waals surface area contributed by atoms with Crippen LogP contribution in [0.15, 0.2) is 110 Å². The molecule has 0 atom stereocenters. The lowest BCUT2D eigenvalue weighted by molar-refractivity contribution is 1.18. The monoisotopic (exact) mass is 434 g/mol. The van der Waals surface area contributed by atoms with Crippen LogP contribution in [0.4, 0.5) is 0 Å². The Bertz CT molecular complexity index is 1710. The van der Waals surface area contributed by atoms with Crippen molar-refractivity contribution in [1.82, 2.24) is 19.9 Å². The predicted molar refractivity (Wildman–Crippen MR) is 139 cm³/mol. The van der Waals surface area contributed by atoms with Crippen molar-refractivity contribution in [3.63, 3.8) is 0 Å². The van der Waals surface area contributed by atoms with Gasteiger partial charge in [0, 0.05) is 46.7 Å². The summed E-state index contributed by atoms with van der Waals surface area (Å²) in [7, 11) is 0. The summed E-state index contributed by atoms with van der Waals surface area (Å²) in [5.41, 5.74) is 2.07. The van der Waals surface area contributed by atoms with E-state index >= 15 is 0 Å². The maximum absolute atomic E-state index is 4.70. The lowest BCUT2D eigenvalue weighted by Crippen LogP contribution is -1.97. The van der Waals surface area contributed by atoms with E-state index in [1.54, 1.807) is 24.8 Å². The fourth-order valence-electron chi connectivity index (χ4n) is 5.17. The summed E-state index contributed by atoms with van der Waals surface area (Å²) in [6, 6.07) is 29.3. The van der Waals surface area contributed by atoms with Crippen LogP contribution in [0.3, 0.4) is 0 Å². The van der Waals surface area contributed by atoms with E-state index in [0.29, 0.717) is 11.6 Å². The van der Waals surface area contributed by atoms with Crippen LogP contribution >= 0.6 is 0 Å². The van der Waals surface area contributed by atoms with Gasteiger partial charge in [0.1, 0.15) is 0 Å². The zero-order valence-electron chi connectivity index (χ0n) is 18.2. The molecule has 2 heterocycles. The highest BCUT2D eigenvalue weighted by atomic mass is 14.9. The van der Waals surface area contributed by atoms with Gasteiger partial charge in [0.05, 0.1) is 0 Å². The Hall–Kier alpha value is -4.70. The Labute approximate surface area is 195 Å². The summed E-state index contributed by atoms with van der Waals surface area (Å²) in [4.78, 5) is 18.8. The standard InChI is InChI=1S/C30H18N4/c1-3-11-21-19(9-1)20-10-2-4-12-22(20)26-25(21)27(29-31-15-7-16-32-29)23-13-5-6-14-24(23)28(26)30-33-17-8-18-34-30/h1-18H. The minimum Gasteiger partial charge on any atom is -0.237 e. The largest absolute Gasteiger partial charge is 0.237 e. The van der Waals surface area contributed by atoms with Gasteiger partial charge in [-0.2, -0.15) is 0 Å². The minimum absolute atomic E-state index is 0.713. The van der Waals surface area contributed by atoms with Crippen LogP contribution in [0.25, 0.3) is 65.9 Å². The molecule has 4 nitrogen and oxygen atoms in total. The first kappa shape index (κ1) is 18.8. The second kappa shape index (κ2) is 7.42. The smallest absolute Gasteiger partial charge is 0.160 e. The predicted octanol–water partition coefficient (Wildman–Crippen LogP) is 7.21. The SMILES string of the molecule is c1cnc(-c2c3ccccc3c(-c3ncccn3)c3c4ccccc4c4ccccc4c23)nc1. The van der Waals surface area contributed by atoms with E-state index in [1.807, 2.05) is 12.1 Å². The topological polar surface area (TPSA) is 51.6 Å². The lowest BCUT2D eigenvalue weighted by Gasteiger charge is -2.19. The van der Waals surface area contributed by atoms with Crippen LogP contribution in [0, 0.1) is 0 Å². The fraction of sp³-hybridized carbons (Fsp3) is 0. The number of rotatable bonds is 2. The second-order valence-corrected chi connectivity index (χ2v) is 8.28. The molecule has 0 spiro atoms. The maximum Gasteiger partial charge on any atom is 0.160 e. The summed E-state index contributed by atoms with van der Waals surface area (Å²) in [6.07, 6.45) is 7.22. The Balaban J connectivity index is 1.89. The van der Waals surface area contributed by atoms with Crippen LogP contribution in [-0.4, -0.2) is 19.9 Å². The molecule has 34 heavy (non-hydrogen) atoms. The zero-order chi connectivity index (χ0) is 22.5. The first-order chi connectivity index (χ1) is 16.9. The van der Waals surface area contributed by atoms with Gasteiger partial charge in [0.25, 0.3) is 0 Å². The third-order valence-electron chi connectivity index (χ3n) is 6.48. The van der Waals surface area contributed by atoms with Crippen LogP contribution in [0.2, 0.25) is 0 Å². The zero-order valence-corrected chi connectivity index (χ0v) is 18.2. The van der Waals surface area contributed by atoms with Gasteiger partial charge in [-0.3, -0.25) is 0 Å². The molecule has 0 saturated heterocycles. The van der Waals surface area contributed by atoms with Crippen molar-refractivity contribution in [2.75, 3.05) is 0 Å². The van der Waals surface area contributed by atoms with Gasteiger partial charge in [-0.1, -0.05) is 72.8 Å². The summed E-state index contributed by atoms with van der Waals surface area (Å²) in [6.45, 7) is 0. The molecule has 0 N–H and O–H groups in total. The highest BCUT2D eigenvalue weighted by Crippen LogP contribution is 2.47. The lowest BCUT2D eigenvalue weighted by atomic mass is 9.85. The Kier molecular flexibility index (Phi) is 4.11. The third kappa shape index (κ3) is 2.66. The number of hydrogen-bond acceptors (Lipinski definition) is 4. The molecule has 0 aliphatic heterocycles. The van der Waals surface area contributed by atoms with Gasteiger partial charge < -0.3 is 0 Å². The molecule has 2 aromatic heterocycles. The van der Waals surface area contributed by atoms with Crippen molar-refractivity contribution in [3.05, 3.63) is 110 Å². The number of fused-ring (bicyclic) bond motifs is 7. The van der Waals surface area contributed by atoms with Gasteiger partial charge in [-0.15, -0.1) is 0 Å². The molecule has 0 bridgehead atoms. The minimum atomic E-state index is 0.713. The van der Waals surface area contributed by atoms with Crippen LogP contribution < -0.4 is 0 Å². The van der Waals surface area contributed by atoms with E-state index in [2.05, 4.69) is 72.8 Å². The van der Waals surface area contributed by atoms with Crippen molar-refractivity contribution in [1.29, 1.82) is 0 Å². The molecule has 0 unspecified atom stereocenters. The quantitative estimate of drug-likeness (QED) is 0.213. The van der Waals surface area contributed by atoms with Gasteiger partial charge >= 0.3 is 0 Å². The highest BCUT2D eigenvalue weighted by molar-refractivity contribution is 6.36. The normalized spacial score (nSPS) is 11.5. The Morgan fingerprint density at radius 3 is 1.03 bits per heavy atom. The Morgan fingerprint density at radius 2 is 0.647 bits per heavy atom. The third-order valence-corrected chi connectivity index (χ3v) is 6.48. The van der Waals surface area contributed by atoms with Crippen LogP contribution in [-0.2, 0) is 0 Å². The summed E-state index contributed by atoms with van der Waals surface area (Å²) >= 11 is 0. The van der Waals surface area contributed by atoms with Crippen LogP contribution in [0.5, 0.6) is 0 Å². The first-order valence-corrected chi connectivity index (χ1v) is 11.2. The average molecular weight is 435 g/mol. The van der Waals surface area contributed by atoms with E-state index in [0.717, 1.165) is 32.7 Å². The van der Waals surface area contributed by atoms with Gasteiger partial charge in [0.15, 0.2) is 11.6 Å². The Morgan fingerprint density at radius 1 is 0.324 bits per heavy atom. The van der Waals surface area contributed by atoms with Crippen molar-refractivity contribution < 1.29 is 0 Å². The van der Waals surface area contributed by atoms with E-state index in [1.165, 1.54) is 21.5 Å². The fourth-order valence-corrected chi connectivity index (χ4v) is 5.17. The molecule has 0 radical (unpaired) electrons. The highest BCUT2D eigenvalue weighted by Gasteiger charge is 2.23. The molecule has 7 aromatic rings. The summed E-state index contributed by atoms with van der Waals surface area (Å²) in [5, 5.41) is 9.18. The molecule has 0 aliphatic rings. The molecule has 0 amide bonds. The first-order valence-electron chi connectivity index (χ1n) is 11.2. The molecule has 5 aromatic carbocycles. The van der Waals surface area contributed by atoms with Crippen LogP contribution in [0.1, 0.15) is 0 Å². The average Bonchev–Trinajstić information content (AvgIpc) is 2.93. The van der Waals surface area contributed by atoms with Crippen molar-refractivity contribution in [2.45, 2.75) is 0 Å². The molecular formula is C30H18N4. The second-order valence-electron chi connectivity index (χ2n) is 8.28. The van der Waals surface area contributed by atoms with Crippen molar-refractivity contribution >= 4 is 43.1 Å². The molecule has 0 fully saturated rings. The molecule has 0 saturated carbocycles. The number of hydrogen-bond donors (Lipinski definition) is 0. The molecule has 7 rings (SSSR count). The van der Waals surface area contributed by atoms with E-state index in [4.69, 9.17) is 19.9 Å². The molecule has 158 valence electrons. The summed E-state index contributed by atoms with van der Waals surface area (Å²) in [5.74, 6) is 1.43. The van der Waals surface area contributed by atoms with E-state index in [9.17, 15) is 0 Å². The number of aromatic nitrogens is 4. The van der Waals surface area contributed by atoms with Gasteiger partial charge in [0.2, 0.25) is 0 Å². The molecule has 0 aliphatic carbocycles. The summed E-state index contributed by atoms with van der Waals surface area (Å²) < 4.78 is 0.